The molecule has 0 fully saturated rings. The van der Waals surface area contributed by atoms with Crippen LogP contribution in [0.5, 0.6) is 17.2 Å². The second-order valence-corrected chi connectivity index (χ2v) is 5.45. The molecule has 0 aliphatic heterocycles. The fourth-order valence-corrected chi connectivity index (χ4v) is 2.35. The molecular formula is C18H17FN2O8. The molecule has 11 heteroatoms. The minimum Gasteiger partial charge on any atom is -0.496 e. The molecule has 0 aliphatic carbocycles. The maximum absolute atomic E-state index is 13.2. The number of halogens is 1. The van der Waals surface area contributed by atoms with Gasteiger partial charge in [-0.3, -0.25) is 14.9 Å². The van der Waals surface area contributed by atoms with Crippen LogP contribution in [-0.4, -0.2) is 44.7 Å². The van der Waals surface area contributed by atoms with E-state index in [1.54, 1.807) is 0 Å². The van der Waals surface area contributed by atoms with E-state index in [1.807, 2.05) is 0 Å². The van der Waals surface area contributed by atoms with E-state index in [9.17, 15) is 24.1 Å². The zero-order chi connectivity index (χ0) is 21.6. The molecule has 2 rings (SSSR count). The van der Waals surface area contributed by atoms with Gasteiger partial charge in [0.25, 0.3) is 11.6 Å². The third kappa shape index (κ3) is 5.09. The Morgan fingerprint density at radius 3 is 2.24 bits per heavy atom. The van der Waals surface area contributed by atoms with Gasteiger partial charge in [0.2, 0.25) is 0 Å². The third-order valence-corrected chi connectivity index (χ3v) is 3.69. The predicted octanol–water partition coefficient (Wildman–Crippen LogP) is 2.56. The summed E-state index contributed by atoms with van der Waals surface area (Å²) in [5.41, 5.74) is -0.891. The van der Waals surface area contributed by atoms with E-state index in [0.717, 1.165) is 12.1 Å². The Labute approximate surface area is 164 Å². The van der Waals surface area contributed by atoms with Gasteiger partial charge >= 0.3 is 5.97 Å². The number of anilines is 1. The first kappa shape index (κ1) is 21.4. The first-order valence-corrected chi connectivity index (χ1v) is 8.01. The Morgan fingerprint density at radius 2 is 1.66 bits per heavy atom. The number of hydrogen-bond acceptors (Lipinski definition) is 8. The molecule has 0 aliphatic rings. The van der Waals surface area contributed by atoms with Crippen molar-refractivity contribution < 1.29 is 37.9 Å². The van der Waals surface area contributed by atoms with Gasteiger partial charge in [-0.05, 0) is 12.1 Å². The van der Waals surface area contributed by atoms with Gasteiger partial charge in [-0.1, -0.05) is 0 Å². The van der Waals surface area contributed by atoms with Crippen LogP contribution in [0.4, 0.5) is 15.8 Å². The van der Waals surface area contributed by atoms with E-state index < -0.39 is 34.9 Å². The average molecular weight is 408 g/mol. The molecular weight excluding hydrogens is 391 g/mol. The van der Waals surface area contributed by atoms with E-state index in [2.05, 4.69) is 5.32 Å². The van der Waals surface area contributed by atoms with Crippen molar-refractivity contribution in [3.05, 3.63) is 51.8 Å². The van der Waals surface area contributed by atoms with Crippen molar-refractivity contribution >= 4 is 23.3 Å². The van der Waals surface area contributed by atoms with Crippen LogP contribution in [0, 0.1) is 15.9 Å². The summed E-state index contributed by atoms with van der Waals surface area (Å²) >= 11 is 0. The fourth-order valence-electron chi connectivity index (χ4n) is 2.35. The highest BCUT2D eigenvalue weighted by Crippen LogP contribution is 2.35. The molecule has 154 valence electrons. The second kappa shape index (κ2) is 9.35. The third-order valence-electron chi connectivity index (χ3n) is 3.69. The zero-order valence-electron chi connectivity index (χ0n) is 15.7. The van der Waals surface area contributed by atoms with Crippen LogP contribution in [0.25, 0.3) is 0 Å². The van der Waals surface area contributed by atoms with Crippen LogP contribution in [-0.2, 0) is 9.53 Å². The largest absolute Gasteiger partial charge is 0.496 e. The first-order chi connectivity index (χ1) is 13.8. The Bertz CT molecular complexity index is 948. The number of amides is 1. The van der Waals surface area contributed by atoms with Gasteiger partial charge in [-0.2, -0.15) is 0 Å². The number of nitrogens with one attached hydrogen (secondary N) is 1. The average Bonchev–Trinajstić information content (AvgIpc) is 2.71. The van der Waals surface area contributed by atoms with Gasteiger partial charge in [-0.15, -0.1) is 0 Å². The van der Waals surface area contributed by atoms with Gasteiger partial charge < -0.3 is 24.3 Å². The number of nitro groups is 1. The van der Waals surface area contributed by atoms with Gasteiger partial charge in [0.15, 0.2) is 18.1 Å². The number of hydrogen-bond donors (Lipinski definition) is 1. The van der Waals surface area contributed by atoms with E-state index in [4.69, 9.17) is 18.9 Å². The molecule has 0 aromatic heterocycles. The molecule has 0 bridgehead atoms. The number of nitro benzene ring substituents is 1. The van der Waals surface area contributed by atoms with Crippen molar-refractivity contribution in [2.75, 3.05) is 33.3 Å². The van der Waals surface area contributed by atoms with Crippen LogP contribution in [0.1, 0.15) is 10.4 Å². The SMILES string of the molecule is COc1cc(OC)c(C(=O)OCC(=O)Nc2ccc(F)cc2[N+](=O)[O-])cc1OC. The molecule has 2 aromatic carbocycles. The summed E-state index contributed by atoms with van der Waals surface area (Å²) in [5.74, 6) is -1.89. The van der Waals surface area contributed by atoms with Gasteiger partial charge in [0, 0.05) is 12.1 Å². The Kier molecular flexibility index (Phi) is 6.90. The maximum atomic E-state index is 13.2. The summed E-state index contributed by atoms with van der Waals surface area (Å²) in [5, 5.41) is 13.2. The number of methoxy groups -OCH3 is 3. The van der Waals surface area contributed by atoms with Gasteiger partial charge in [0.05, 0.1) is 32.3 Å². The van der Waals surface area contributed by atoms with Gasteiger partial charge in [-0.25, -0.2) is 9.18 Å². The molecule has 0 radical (unpaired) electrons. The summed E-state index contributed by atoms with van der Waals surface area (Å²) in [4.78, 5) is 34.4. The summed E-state index contributed by atoms with van der Waals surface area (Å²) in [6.07, 6.45) is 0. The number of carbonyl (C=O) groups excluding carboxylic acids is 2. The number of ether oxygens (including phenoxy) is 4. The molecule has 0 atom stereocenters. The molecule has 2 aromatic rings. The minimum atomic E-state index is -0.897. The maximum Gasteiger partial charge on any atom is 0.342 e. The van der Waals surface area contributed by atoms with E-state index in [-0.39, 0.29) is 22.7 Å². The molecule has 1 amide bonds. The van der Waals surface area contributed by atoms with E-state index >= 15 is 0 Å². The molecule has 0 saturated heterocycles. The van der Waals surface area contributed by atoms with Gasteiger partial charge in [0.1, 0.15) is 22.8 Å². The lowest BCUT2D eigenvalue weighted by Crippen LogP contribution is -2.21. The topological polar surface area (TPSA) is 126 Å². The summed E-state index contributed by atoms with van der Waals surface area (Å²) < 4.78 is 33.4. The van der Waals surface area contributed by atoms with Crippen molar-refractivity contribution in [2.24, 2.45) is 0 Å². The number of nitrogens with zero attached hydrogens (tertiary/aromatic N) is 1. The number of benzene rings is 2. The quantitative estimate of drug-likeness (QED) is 0.401. The molecule has 1 N–H and O–H groups in total. The minimum absolute atomic E-state index is 0.0225. The van der Waals surface area contributed by atoms with Crippen LogP contribution in [0.3, 0.4) is 0 Å². The highest BCUT2D eigenvalue weighted by atomic mass is 19.1. The lowest BCUT2D eigenvalue weighted by atomic mass is 10.1. The Hall–Kier alpha value is -3.89. The van der Waals surface area contributed by atoms with E-state index in [1.165, 1.54) is 33.5 Å². The molecule has 10 nitrogen and oxygen atoms in total. The lowest BCUT2D eigenvalue weighted by molar-refractivity contribution is -0.384. The number of rotatable bonds is 8. The highest BCUT2D eigenvalue weighted by Gasteiger charge is 2.21. The van der Waals surface area contributed by atoms with Crippen molar-refractivity contribution in [3.63, 3.8) is 0 Å². The molecule has 0 spiro atoms. The summed E-state index contributed by atoms with van der Waals surface area (Å²) in [6.45, 7) is -0.745. The molecule has 0 saturated carbocycles. The lowest BCUT2D eigenvalue weighted by Gasteiger charge is -2.13. The zero-order valence-corrected chi connectivity index (χ0v) is 15.7. The smallest absolute Gasteiger partial charge is 0.342 e. The summed E-state index contributed by atoms with van der Waals surface area (Å²) in [6, 6.07) is 5.38. The molecule has 0 unspecified atom stereocenters. The summed E-state index contributed by atoms with van der Waals surface area (Å²) in [7, 11) is 4.12. The highest BCUT2D eigenvalue weighted by molar-refractivity contribution is 5.98. The van der Waals surface area contributed by atoms with Crippen molar-refractivity contribution in [2.45, 2.75) is 0 Å². The second-order valence-electron chi connectivity index (χ2n) is 5.45. The van der Waals surface area contributed by atoms with Crippen molar-refractivity contribution in [1.82, 2.24) is 0 Å². The molecule has 0 heterocycles. The fraction of sp³-hybridized carbons (Fsp3) is 0.222. The van der Waals surface area contributed by atoms with E-state index in [0.29, 0.717) is 11.8 Å². The predicted molar refractivity (Wildman–Crippen MR) is 98.1 cm³/mol. The van der Waals surface area contributed by atoms with Crippen LogP contribution in [0.15, 0.2) is 30.3 Å². The number of carbonyl (C=O) groups is 2. The Morgan fingerprint density at radius 1 is 1.03 bits per heavy atom. The monoisotopic (exact) mass is 408 g/mol. The first-order valence-electron chi connectivity index (χ1n) is 8.01. The van der Waals surface area contributed by atoms with Crippen molar-refractivity contribution in [3.8, 4) is 17.2 Å². The Balaban J connectivity index is 2.11. The van der Waals surface area contributed by atoms with Crippen LogP contribution >= 0.6 is 0 Å². The normalized spacial score (nSPS) is 10.1. The van der Waals surface area contributed by atoms with Crippen LogP contribution in [0.2, 0.25) is 0 Å². The van der Waals surface area contributed by atoms with Crippen LogP contribution < -0.4 is 19.5 Å². The molecule has 29 heavy (non-hydrogen) atoms. The van der Waals surface area contributed by atoms with Crippen molar-refractivity contribution in [1.29, 1.82) is 0 Å². The standard InChI is InChI=1S/C18H17FN2O8/c1-26-14-8-16(28-3)15(27-2)7-11(14)18(23)29-9-17(22)20-12-5-4-10(19)6-13(12)21(24)25/h4-8H,9H2,1-3H3,(H,20,22). The number of esters is 1.